The zero-order chi connectivity index (χ0) is 16.8. The lowest BCUT2D eigenvalue weighted by molar-refractivity contribution is 0.125. The van der Waals surface area contributed by atoms with E-state index < -0.39 is 0 Å². The normalized spacial score (nSPS) is 18.4. The van der Waals surface area contributed by atoms with Crippen molar-refractivity contribution in [2.24, 2.45) is 11.8 Å². The molecule has 1 atom stereocenters. The lowest BCUT2D eigenvalue weighted by Crippen LogP contribution is -2.31. The molecular formula is C21H29NO. The highest BCUT2D eigenvalue weighted by Crippen LogP contribution is 2.33. The molecule has 1 aromatic carbocycles. The Morgan fingerprint density at radius 2 is 1.91 bits per heavy atom. The Morgan fingerprint density at radius 3 is 2.52 bits per heavy atom. The molecule has 0 fully saturated rings. The van der Waals surface area contributed by atoms with Gasteiger partial charge in [0.05, 0.1) is 13.2 Å². The van der Waals surface area contributed by atoms with E-state index in [9.17, 15) is 0 Å². The fourth-order valence-corrected chi connectivity index (χ4v) is 3.47. The number of hydrogen-bond acceptors (Lipinski definition) is 2. The quantitative estimate of drug-likeness (QED) is 0.645. The second kappa shape index (κ2) is 8.16. The summed E-state index contributed by atoms with van der Waals surface area (Å²) in [6.45, 7) is 15.1. The maximum absolute atomic E-state index is 5.96. The van der Waals surface area contributed by atoms with E-state index in [-0.39, 0.29) is 0 Å². The van der Waals surface area contributed by atoms with Crippen LogP contribution in [0.3, 0.4) is 0 Å². The molecule has 0 N–H and O–H groups in total. The first kappa shape index (κ1) is 17.6. The van der Waals surface area contributed by atoms with Gasteiger partial charge in [0, 0.05) is 17.9 Å². The van der Waals surface area contributed by atoms with E-state index in [1.165, 1.54) is 22.5 Å². The van der Waals surface area contributed by atoms with Crippen molar-refractivity contribution in [3.63, 3.8) is 0 Å². The van der Waals surface area contributed by atoms with Crippen LogP contribution in [0.2, 0.25) is 0 Å². The minimum Gasteiger partial charge on any atom is -0.371 e. The van der Waals surface area contributed by atoms with E-state index in [1.807, 2.05) is 24.3 Å². The van der Waals surface area contributed by atoms with Gasteiger partial charge in [0.2, 0.25) is 0 Å². The lowest BCUT2D eigenvalue weighted by atomic mass is 9.86. The third-order valence-corrected chi connectivity index (χ3v) is 4.40. The van der Waals surface area contributed by atoms with Crippen molar-refractivity contribution in [3.8, 4) is 0 Å². The topological polar surface area (TPSA) is 12.5 Å². The van der Waals surface area contributed by atoms with Gasteiger partial charge in [0.1, 0.15) is 0 Å². The Hall–Kier alpha value is -1.80. The Kier molecular flexibility index (Phi) is 6.23. The van der Waals surface area contributed by atoms with Crippen LogP contribution in [-0.4, -0.2) is 18.1 Å². The zero-order valence-corrected chi connectivity index (χ0v) is 14.9. The molecule has 0 aliphatic carbocycles. The number of nitrogens with zero attached hydrogens (tertiary/aromatic N) is 1. The maximum atomic E-state index is 5.96. The monoisotopic (exact) mass is 311 g/mol. The van der Waals surface area contributed by atoms with E-state index in [1.54, 1.807) is 0 Å². The summed E-state index contributed by atoms with van der Waals surface area (Å²) in [4.78, 5) is 2.34. The molecule has 23 heavy (non-hydrogen) atoms. The molecule has 2 rings (SSSR count). The molecule has 0 bridgehead atoms. The fourth-order valence-electron chi connectivity index (χ4n) is 3.47. The summed E-state index contributed by atoms with van der Waals surface area (Å²) in [7, 11) is 0. The summed E-state index contributed by atoms with van der Waals surface area (Å²) in [5, 5.41) is 0. The van der Waals surface area contributed by atoms with Crippen LogP contribution in [0.1, 0.15) is 33.3 Å². The van der Waals surface area contributed by atoms with Crippen LogP contribution < -0.4 is 0 Å². The molecular weight excluding hydrogens is 282 g/mol. The molecule has 0 saturated carbocycles. The second-order valence-electron chi connectivity index (χ2n) is 6.52. The van der Waals surface area contributed by atoms with Gasteiger partial charge in [-0.15, -0.1) is 6.58 Å². The standard InChI is InChI=1S/C21H29NO/c1-6-12-22-18(5)21(16(2)3)17(4)13-20(22)15-23-14-19-10-8-7-9-11-19/h6-11,13,16-17H,1,12,14-15H2,2-5H3. The van der Waals surface area contributed by atoms with Crippen molar-refractivity contribution in [1.29, 1.82) is 0 Å². The highest BCUT2D eigenvalue weighted by Gasteiger charge is 2.25. The lowest BCUT2D eigenvalue weighted by Gasteiger charge is -2.36. The molecule has 1 aromatic rings. The van der Waals surface area contributed by atoms with Crippen LogP contribution in [0.5, 0.6) is 0 Å². The molecule has 0 amide bonds. The van der Waals surface area contributed by atoms with E-state index in [0.29, 0.717) is 25.0 Å². The fraction of sp³-hybridized carbons (Fsp3) is 0.429. The average molecular weight is 311 g/mol. The van der Waals surface area contributed by atoms with Crippen molar-refractivity contribution < 1.29 is 4.74 Å². The average Bonchev–Trinajstić information content (AvgIpc) is 2.51. The number of hydrogen-bond donors (Lipinski definition) is 0. The molecule has 1 heterocycles. The van der Waals surface area contributed by atoms with Crippen molar-refractivity contribution in [3.05, 3.63) is 71.6 Å². The largest absolute Gasteiger partial charge is 0.371 e. The Balaban J connectivity index is 2.07. The molecule has 2 heteroatoms. The van der Waals surface area contributed by atoms with Gasteiger partial charge in [-0.3, -0.25) is 0 Å². The molecule has 0 aromatic heterocycles. The van der Waals surface area contributed by atoms with Crippen LogP contribution >= 0.6 is 0 Å². The minimum absolute atomic E-state index is 0.464. The summed E-state index contributed by atoms with van der Waals surface area (Å²) >= 11 is 0. The van der Waals surface area contributed by atoms with Crippen LogP contribution in [0.4, 0.5) is 0 Å². The Bertz CT molecular complexity index is 583. The summed E-state index contributed by atoms with van der Waals surface area (Å²) in [6, 6.07) is 10.3. The van der Waals surface area contributed by atoms with Gasteiger partial charge in [-0.2, -0.15) is 0 Å². The smallest absolute Gasteiger partial charge is 0.0869 e. The molecule has 0 spiro atoms. The van der Waals surface area contributed by atoms with Crippen molar-refractivity contribution in [1.82, 2.24) is 4.90 Å². The summed E-state index contributed by atoms with van der Waals surface area (Å²) < 4.78 is 5.96. The first-order chi connectivity index (χ1) is 11.0. The summed E-state index contributed by atoms with van der Waals surface area (Å²) in [6.07, 6.45) is 4.30. The number of rotatable bonds is 7. The van der Waals surface area contributed by atoms with Gasteiger partial charge in [0.25, 0.3) is 0 Å². The molecule has 2 nitrogen and oxygen atoms in total. The first-order valence-corrected chi connectivity index (χ1v) is 8.46. The summed E-state index contributed by atoms with van der Waals surface area (Å²) in [5.41, 5.74) is 5.32. The van der Waals surface area contributed by atoms with E-state index >= 15 is 0 Å². The van der Waals surface area contributed by atoms with Crippen LogP contribution in [0.15, 0.2) is 66.0 Å². The highest BCUT2D eigenvalue weighted by molar-refractivity contribution is 5.31. The number of allylic oxidation sites excluding steroid dienone is 3. The van der Waals surface area contributed by atoms with Crippen molar-refractivity contribution in [2.75, 3.05) is 13.2 Å². The molecule has 124 valence electrons. The van der Waals surface area contributed by atoms with Gasteiger partial charge in [-0.1, -0.05) is 63.3 Å². The highest BCUT2D eigenvalue weighted by atomic mass is 16.5. The minimum atomic E-state index is 0.464. The third-order valence-electron chi connectivity index (χ3n) is 4.40. The molecule has 0 saturated heterocycles. The predicted octanol–water partition coefficient (Wildman–Crippen LogP) is 5.15. The Labute approximate surface area is 141 Å². The second-order valence-corrected chi connectivity index (χ2v) is 6.52. The number of ether oxygens (including phenoxy) is 1. The molecule has 1 aliphatic heterocycles. The van der Waals surface area contributed by atoms with E-state index in [4.69, 9.17) is 4.74 Å². The van der Waals surface area contributed by atoms with Gasteiger partial charge >= 0.3 is 0 Å². The Morgan fingerprint density at radius 1 is 1.22 bits per heavy atom. The van der Waals surface area contributed by atoms with Crippen molar-refractivity contribution >= 4 is 0 Å². The first-order valence-electron chi connectivity index (χ1n) is 8.46. The van der Waals surface area contributed by atoms with Crippen LogP contribution in [0, 0.1) is 11.8 Å². The van der Waals surface area contributed by atoms with Gasteiger partial charge in [0.15, 0.2) is 0 Å². The van der Waals surface area contributed by atoms with Crippen molar-refractivity contribution in [2.45, 2.75) is 34.3 Å². The van der Waals surface area contributed by atoms with Crippen LogP contribution in [0.25, 0.3) is 0 Å². The molecule has 1 aliphatic rings. The predicted molar refractivity (Wildman–Crippen MR) is 97.8 cm³/mol. The zero-order valence-electron chi connectivity index (χ0n) is 14.9. The SMILES string of the molecule is C=CCN1C(COCc2ccccc2)=CC(C)C(C(C)C)=C1C. The molecule has 1 unspecified atom stereocenters. The van der Waals surface area contributed by atoms with Gasteiger partial charge in [-0.25, -0.2) is 0 Å². The van der Waals surface area contributed by atoms with E-state index in [2.05, 4.69) is 57.4 Å². The van der Waals surface area contributed by atoms with Gasteiger partial charge < -0.3 is 9.64 Å². The molecule has 0 radical (unpaired) electrons. The van der Waals surface area contributed by atoms with Gasteiger partial charge in [-0.05, 0) is 29.9 Å². The summed E-state index contributed by atoms with van der Waals surface area (Å²) in [5.74, 6) is 1.02. The number of benzene rings is 1. The van der Waals surface area contributed by atoms with Crippen LogP contribution in [-0.2, 0) is 11.3 Å². The maximum Gasteiger partial charge on any atom is 0.0869 e. The third kappa shape index (κ3) is 4.35. The van der Waals surface area contributed by atoms with E-state index in [0.717, 1.165) is 6.54 Å².